The standard InChI is InChI=1S/C12H19NO3/c1-3-5-6-7-8-16-12(14)11(9-13)10-15-4-2/h10H,3-8H2,1-2H3/b11-10-. The number of ether oxygens (including phenoxy) is 2. The monoisotopic (exact) mass is 225 g/mol. The molecule has 0 N–H and O–H groups in total. The van der Waals surface area contributed by atoms with E-state index in [9.17, 15) is 4.79 Å². The number of nitriles is 1. The minimum Gasteiger partial charge on any atom is -0.500 e. The highest BCUT2D eigenvalue weighted by Crippen LogP contribution is 2.02. The van der Waals surface area contributed by atoms with Crippen molar-refractivity contribution < 1.29 is 14.3 Å². The molecule has 4 nitrogen and oxygen atoms in total. The van der Waals surface area contributed by atoms with Gasteiger partial charge in [0.2, 0.25) is 0 Å². The van der Waals surface area contributed by atoms with E-state index in [1.807, 2.05) is 0 Å². The topological polar surface area (TPSA) is 59.3 Å². The zero-order valence-electron chi connectivity index (χ0n) is 9.99. The van der Waals surface area contributed by atoms with E-state index < -0.39 is 5.97 Å². The van der Waals surface area contributed by atoms with Crippen LogP contribution in [-0.4, -0.2) is 19.2 Å². The van der Waals surface area contributed by atoms with Crippen LogP contribution >= 0.6 is 0 Å². The largest absolute Gasteiger partial charge is 0.500 e. The van der Waals surface area contributed by atoms with Crippen molar-refractivity contribution in [1.29, 1.82) is 5.26 Å². The van der Waals surface area contributed by atoms with Crippen LogP contribution in [0.3, 0.4) is 0 Å². The first-order chi connectivity index (χ1) is 7.76. The zero-order valence-corrected chi connectivity index (χ0v) is 9.99. The maximum Gasteiger partial charge on any atom is 0.352 e. The van der Waals surface area contributed by atoms with Crippen LogP contribution in [0.15, 0.2) is 11.8 Å². The van der Waals surface area contributed by atoms with Crippen molar-refractivity contribution in [2.45, 2.75) is 39.5 Å². The summed E-state index contributed by atoms with van der Waals surface area (Å²) in [5.74, 6) is -0.604. The Morgan fingerprint density at radius 2 is 2.06 bits per heavy atom. The smallest absolute Gasteiger partial charge is 0.352 e. The molecule has 0 heterocycles. The van der Waals surface area contributed by atoms with Gasteiger partial charge in [0.15, 0.2) is 5.57 Å². The molecule has 16 heavy (non-hydrogen) atoms. The molecular formula is C12H19NO3. The SMILES string of the molecule is CCCCCCOC(=O)/C(C#N)=C\OCC. The molecule has 0 aromatic carbocycles. The zero-order chi connectivity index (χ0) is 12.2. The fourth-order valence-corrected chi connectivity index (χ4v) is 1.06. The lowest BCUT2D eigenvalue weighted by Gasteiger charge is -2.03. The van der Waals surface area contributed by atoms with Crippen LogP contribution in [0.25, 0.3) is 0 Å². The molecule has 0 atom stereocenters. The summed E-state index contributed by atoms with van der Waals surface area (Å²) < 4.78 is 9.80. The highest BCUT2D eigenvalue weighted by Gasteiger charge is 2.10. The van der Waals surface area contributed by atoms with Gasteiger partial charge in [-0.1, -0.05) is 26.2 Å². The van der Waals surface area contributed by atoms with E-state index in [-0.39, 0.29) is 5.57 Å². The van der Waals surface area contributed by atoms with Gasteiger partial charge in [-0.25, -0.2) is 4.79 Å². The van der Waals surface area contributed by atoms with Crippen LogP contribution in [0.5, 0.6) is 0 Å². The Labute approximate surface area is 96.8 Å². The Kier molecular flexibility index (Phi) is 9.09. The van der Waals surface area contributed by atoms with Gasteiger partial charge < -0.3 is 9.47 Å². The summed E-state index contributed by atoms with van der Waals surface area (Å²) in [6.07, 6.45) is 5.31. The van der Waals surface area contributed by atoms with Gasteiger partial charge in [-0.15, -0.1) is 0 Å². The Balaban J connectivity index is 3.81. The second kappa shape index (κ2) is 10.0. The fraction of sp³-hybridized carbons (Fsp3) is 0.667. The summed E-state index contributed by atoms with van der Waals surface area (Å²) >= 11 is 0. The second-order valence-corrected chi connectivity index (χ2v) is 3.30. The minimum absolute atomic E-state index is 0.0858. The molecule has 0 bridgehead atoms. The third-order valence-corrected chi connectivity index (χ3v) is 1.94. The van der Waals surface area contributed by atoms with Gasteiger partial charge in [-0.3, -0.25) is 0 Å². The van der Waals surface area contributed by atoms with E-state index in [2.05, 4.69) is 6.92 Å². The summed E-state index contributed by atoms with van der Waals surface area (Å²) in [5.41, 5.74) is -0.0858. The van der Waals surface area contributed by atoms with Crippen molar-refractivity contribution in [1.82, 2.24) is 0 Å². The molecule has 0 rings (SSSR count). The second-order valence-electron chi connectivity index (χ2n) is 3.30. The van der Waals surface area contributed by atoms with Crippen molar-refractivity contribution in [2.75, 3.05) is 13.2 Å². The molecule has 90 valence electrons. The molecule has 0 aliphatic carbocycles. The summed E-state index contributed by atoms with van der Waals surface area (Å²) in [6, 6.07) is 1.75. The highest BCUT2D eigenvalue weighted by molar-refractivity contribution is 5.92. The molecule has 0 spiro atoms. The van der Waals surface area contributed by atoms with Gasteiger partial charge in [0, 0.05) is 0 Å². The maximum atomic E-state index is 11.3. The molecule has 0 fully saturated rings. The van der Waals surface area contributed by atoms with Crippen LogP contribution < -0.4 is 0 Å². The first kappa shape index (κ1) is 14.5. The van der Waals surface area contributed by atoms with E-state index in [4.69, 9.17) is 14.7 Å². The Morgan fingerprint density at radius 1 is 1.31 bits per heavy atom. The first-order valence-corrected chi connectivity index (χ1v) is 5.65. The molecule has 0 aliphatic heterocycles. The lowest BCUT2D eigenvalue weighted by molar-refractivity contribution is -0.138. The van der Waals surface area contributed by atoms with Crippen LogP contribution in [0, 0.1) is 11.3 Å². The van der Waals surface area contributed by atoms with Crippen LogP contribution in [0.4, 0.5) is 0 Å². The normalized spacial score (nSPS) is 10.7. The maximum absolute atomic E-state index is 11.3. The fourth-order valence-electron chi connectivity index (χ4n) is 1.06. The molecule has 0 saturated carbocycles. The van der Waals surface area contributed by atoms with Crippen molar-refractivity contribution in [3.8, 4) is 6.07 Å². The van der Waals surface area contributed by atoms with E-state index in [1.165, 1.54) is 0 Å². The summed E-state index contributed by atoms with van der Waals surface area (Å²) in [7, 11) is 0. The van der Waals surface area contributed by atoms with E-state index in [0.29, 0.717) is 13.2 Å². The Hall–Kier alpha value is -1.50. The third kappa shape index (κ3) is 6.88. The quantitative estimate of drug-likeness (QED) is 0.209. The van der Waals surface area contributed by atoms with Crippen LogP contribution in [0.2, 0.25) is 0 Å². The molecule has 0 aliphatic rings. The van der Waals surface area contributed by atoms with Gasteiger partial charge in [-0.2, -0.15) is 5.26 Å². The number of carbonyl (C=O) groups is 1. The minimum atomic E-state index is -0.604. The van der Waals surface area contributed by atoms with Crippen molar-refractivity contribution in [2.24, 2.45) is 0 Å². The molecule has 0 amide bonds. The van der Waals surface area contributed by atoms with Gasteiger partial charge in [0.05, 0.1) is 13.2 Å². The number of nitrogens with zero attached hydrogens (tertiary/aromatic N) is 1. The number of hydrogen-bond donors (Lipinski definition) is 0. The highest BCUT2D eigenvalue weighted by atomic mass is 16.5. The van der Waals surface area contributed by atoms with E-state index >= 15 is 0 Å². The number of esters is 1. The molecule has 0 radical (unpaired) electrons. The lowest BCUT2D eigenvalue weighted by Crippen LogP contribution is -2.08. The van der Waals surface area contributed by atoms with Gasteiger partial charge in [0.25, 0.3) is 0 Å². The van der Waals surface area contributed by atoms with E-state index in [1.54, 1.807) is 13.0 Å². The third-order valence-electron chi connectivity index (χ3n) is 1.94. The summed E-state index contributed by atoms with van der Waals surface area (Å²) in [5, 5.41) is 8.66. The average molecular weight is 225 g/mol. The average Bonchev–Trinajstić information content (AvgIpc) is 2.30. The molecule has 0 aromatic rings. The van der Waals surface area contributed by atoms with Crippen molar-refractivity contribution >= 4 is 5.97 Å². The summed E-state index contributed by atoms with van der Waals surface area (Å²) in [4.78, 5) is 11.3. The number of carbonyl (C=O) groups excluding carboxylic acids is 1. The van der Waals surface area contributed by atoms with Crippen molar-refractivity contribution in [3.05, 3.63) is 11.8 Å². The molecular weight excluding hydrogens is 206 g/mol. The van der Waals surface area contributed by atoms with Gasteiger partial charge in [0.1, 0.15) is 12.3 Å². The lowest BCUT2D eigenvalue weighted by atomic mass is 10.2. The van der Waals surface area contributed by atoms with Crippen LogP contribution in [-0.2, 0) is 14.3 Å². The summed E-state index contributed by atoms with van der Waals surface area (Å²) in [6.45, 7) is 4.69. The Morgan fingerprint density at radius 3 is 2.62 bits per heavy atom. The van der Waals surface area contributed by atoms with Crippen molar-refractivity contribution in [3.63, 3.8) is 0 Å². The Bertz CT molecular complexity index is 266. The number of hydrogen-bond acceptors (Lipinski definition) is 4. The first-order valence-electron chi connectivity index (χ1n) is 5.65. The van der Waals surface area contributed by atoms with Gasteiger partial charge >= 0.3 is 5.97 Å². The predicted octanol–water partition coefficient (Wildman–Crippen LogP) is 2.55. The molecule has 0 unspecified atom stereocenters. The molecule has 0 aromatic heterocycles. The molecule has 4 heteroatoms. The van der Waals surface area contributed by atoms with Crippen LogP contribution in [0.1, 0.15) is 39.5 Å². The van der Waals surface area contributed by atoms with Gasteiger partial charge in [-0.05, 0) is 13.3 Å². The predicted molar refractivity (Wildman–Crippen MR) is 60.4 cm³/mol. The molecule has 0 saturated heterocycles. The number of rotatable bonds is 8. The van der Waals surface area contributed by atoms with E-state index in [0.717, 1.165) is 31.9 Å². The number of unbranched alkanes of at least 4 members (excludes halogenated alkanes) is 3.